The van der Waals surface area contributed by atoms with Gasteiger partial charge in [-0.15, -0.1) is 0 Å². The summed E-state index contributed by atoms with van der Waals surface area (Å²) >= 11 is 0. The first-order chi connectivity index (χ1) is 17.5. The lowest BCUT2D eigenvalue weighted by atomic mass is 9.49. The van der Waals surface area contributed by atoms with E-state index in [0.717, 1.165) is 11.3 Å². The van der Waals surface area contributed by atoms with Crippen molar-refractivity contribution in [2.75, 3.05) is 19.4 Å². The van der Waals surface area contributed by atoms with Crippen LogP contribution < -0.4 is 5.32 Å². The maximum absolute atomic E-state index is 13.6. The number of hydrogen-bond acceptors (Lipinski definition) is 7. The molecule has 6 rings (SSSR count). The zero-order valence-corrected chi connectivity index (χ0v) is 22.0. The number of nitrogens with one attached hydrogen (secondary N) is 1. The minimum atomic E-state index is -1.07. The Morgan fingerprint density at radius 1 is 1.27 bits per heavy atom. The number of amides is 1. The molecule has 196 valence electrons. The first-order valence-corrected chi connectivity index (χ1v) is 13.3. The van der Waals surface area contributed by atoms with Crippen LogP contribution in [0.15, 0.2) is 41.6 Å². The number of aryl methyl sites for hydroxylation is 1. The highest BCUT2D eigenvalue weighted by Crippen LogP contribution is 2.72. The van der Waals surface area contributed by atoms with E-state index in [9.17, 15) is 20.3 Å². The third-order valence-corrected chi connectivity index (χ3v) is 10.4. The average Bonchev–Trinajstić information content (AvgIpc) is 3.40. The summed E-state index contributed by atoms with van der Waals surface area (Å²) in [6, 6.07) is 6.04. The summed E-state index contributed by atoms with van der Waals surface area (Å²) in [6.07, 6.45) is 7.53. The van der Waals surface area contributed by atoms with E-state index in [1.54, 1.807) is 6.20 Å². The molecule has 2 saturated carbocycles. The number of aromatic nitrogens is 1. The van der Waals surface area contributed by atoms with Gasteiger partial charge in [0.25, 0.3) is 5.91 Å². The molecule has 5 aliphatic rings. The molecule has 2 unspecified atom stereocenters. The number of pyridine rings is 1. The summed E-state index contributed by atoms with van der Waals surface area (Å²) in [5, 5.41) is 35.9. The molecule has 1 aromatic heterocycles. The molecule has 8 heteroatoms. The zero-order chi connectivity index (χ0) is 26.4. The Hall–Kier alpha value is -2.57. The van der Waals surface area contributed by atoms with Crippen LogP contribution in [0.5, 0.6) is 0 Å². The number of anilines is 1. The van der Waals surface area contributed by atoms with Gasteiger partial charge in [0.05, 0.1) is 34.8 Å². The van der Waals surface area contributed by atoms with Gasteiger partial charge in [-0.3, -0.25) is 9.78 Å². The van der Waals surface area contributed by atoms with Gasteiger partial charge in [0, 0.05) is 29.1 Å². The van der Waals surface area contributed by atoms with Crippen molar-refractivity contribution in [3.05, 3.63) is 47.3 Å². The van der Waals surface area contributed by atoms with Gasteiger partial charge in [-0.2, -0.15) is 5.26 Å². The number of hydrogen-bond donors (Lipinski definition) is 3. The maximum atomic E-state index is 13.6. The Balaban J connectivity index is 1.38. The summed E-state index contributed by atoms with van der Waals surface area (Å²) in [4.78, 5) is 19.8. The highest BCUT2D eigenvalue weighted by molar-refractivity contribution is 6.05. The Labute approximate surface area is 218 Å². The summed E-state index contributed by atoms with van der Waals surface area (Å²) in [5.74, 6) is -0.159. The first-order valence-electron chi connectivity index (χ1n) is 13.3. The van der Waals surface area contributed by atoms with Gasteiger partial charge in [-0.1, -0.05) is 19.1 Å². The molecule has 8 atom stereocenters. The molecule has 0 radical (unpaired) electrons. The Bertz CT molecular complexity index is 1270. The fourth-order valence-corrected chi connectivity index (χ4v) is 8.40. The fraction of sp³-hybridized carbons (Fsp3) is 0.621. The van der Waals surface area contributed by atoms with E-state index in [1.807, 2.05) is 50.2 Å². The predicted octanol–water partition coefficient (Wildman–Crippen LogP) is 2.87. The molecular formula is C29H36N4O4. The molecule has 8 nitrogen and oxygen atoms in total. The number of aliphatic hydroxyl groups excluding tert-OH is 2. The van der Waals surface area contributed by atoms with E-state index in [-0.39, 0.29) is 17.9 Å². The number of nitrogens with zero attached hydrogens (tertiary/aromatic N) is 3. The lowest BCUT2D eigenvalue weighted by Crippen LogP contribution is -2.66. The van der Waals surface area contributed by atoms with Gasteiger partial charge < -0.3 is 25.2 Å². The second-order valence-corrected chi connectivity index (χ2v) is 12.3. The van der Waals surface area contributed by atoms with Crippen LogP contribution in [0.4, 0.5) is 5.69 Å². The number of fused-ring (bicyclic) bond motifs is 1. The Morgan fingerprint density at radius 2 is 2.05 bits per heavy atom. The number of rotatable bonds is 3. The molecule has 2 aliphatic heterocycles. The second kappa shape index (κ2) is 7.97. The number of ether oxygens (including phenoxy) is 1. The van der Waals surface area contributed by atoms with Crippen molar-refractivity contribution in [1.82, 2.24) is 9.88 Å². The molecule has 37 heavy (non-hydrogen) atoms. The van der Waals surface area contributed by atoms with E-state index in [0.29, 0.717) is 49.8 Å². The third-order valence-electron chi connectivity index (χ3n) is 10.4. The van der Waals surface area contributed by atoms with Crippen LogP contribution in [0, 0.1) is 35.0 Å². The van der Waals surface area contributed by atoms with Crippen LogP contribution in [0.1, 0.15) is 51.1 Å². The predicted molar refractivity (Wildman–Crippen MR) is 137 cm³/mol. The molecule has 3 fully saturated rings. The van der Waals surface area contributed by atoms with Crippen molar-refractivity contribution < 1.29 is 19.7 Å². The number of aliphatic hydroxyl groups is 2. The highest BCUT2D eigenvalue weighted by Gasteiger charge is 2.74. The standard InChI is InChI=1S/C29H36N4O4/c1-17-20(6-5-13-31-17)32-25(36)18-7-8-22-26(18,2)9-10-27(16-30)14-19-23(34)24(35)21(33(3)4)15-28(19)11-12-29(22,27)37-28/h5-7,13-14,21-24,34-35H,8-12,15H2,1-4H3,(H,32,36)/t21-,22?,23+,24+,26+,27?,28+,29-/m0/s1. The minimum absolute atomic E-state index is 0.0388. The monoisotopic (exact) mass is 504 g/mol. The van der Waals surface area contributed by atoms with E-state index >= 15 is 0 Å². The topological polar surface area (TPSA) is 119 Å². The van der Waals surface area contributed by atoms with Crippen molar-refractivity contribution in [2.24, 2.45) is 16.7 Å². The first kappa shape index (κ1) is 24.7. The maximum Gasteiger partial charge on any atom is 0.251 e. The molecular weight excluding hydrogens is 468 g/mol. The number of allylic oxidation sites excluding steroid dienone is 1. The van der Waals surface area contributed by atoms with Crippen molar-refractivity contribution in [3.63, 3.8) is 0 Å². The molecule has 1 aromatic rings. The number of carbonyl (C=O) groups is 1. The van der Waals surface area contributed by atoms with Crippen molar-refractivity contribution in [1.29, 1.82) is 5.26 Å². The number of nitriles is 1. The quantitative estimate of drug-likeness (QED) is 0.542. The van der Waals surface area contributed by atoms with Gasteiger partial charge in [0.1, 0.15) is 11.5 Å². The molecule has 3 aliphatic carbocycles. The van der Waals surface area contributed by atoms with Crippen LogP contribution in [0.3, 0.4) is 0 Å². The van der Waals surface area contributed by atoms with Crippen LogP contribution >= 0.6 is 0 Å². The van der Waals surface area contributed by atoms with Crippen molar-refractivity contribution >= 4 is 11.6 Å². The molecule has 2 bridgehead atoms. The van der Waals surface area contributed by atoms with Crippen molar-refractivity contribution in [3.8, 4) is 6.07 Å². The van der Waals surface area contributed by atoms with Crippen LogP contribution in [-0.2, 0) is 9.53 Å². The van der Waals surface area contributed by atoms with E-state index in [4.69, 9.17) is 4.74 Å². The molecule has 3 N–H and O–H groups in total. The smallest absolute Gasteiger partial charge is 0.251 e. The number of likely N-dealkylation sites (N-methyl/N-ethyl adjacent to an activating group) is 1. The van der Waals surface area contributed by atoms with E-state index < -0.39 is 34.2 Å². The molecule has 1 amide bonds. The van der Waals surface area contributed by atoms with Crippen molar-refractivity contribution in [2.45, 2.75) is 81.8 Å². The largest absolute Gasteiger partial charge is 0.388 e. The summed E-state index contributed by atoms with van der Waals surface area (Å²) in [5.41, 5.74) is 0.0963. The highest BCUT2D eigenvalue weighted by atomic mass is 16.5. The summed E-state index contributed by atoms with van der Waals surface area (Å²) in [7, 11) is 3.82. The second-order valence-electron chi connectivity index (χ2n) is 12.3. The fourth-order valence-electron chi connectivity index (χ4n) is 8.40. The Morgan fingerprint density at radius 3 is 2.76 bits per heavy atom. The van der Waals surface area contributed by atoms with E-state index in [1.165, 1.54) is 0 Å². The van der Waals surface area contributed by atoms with Gasteiger partial charge in [0.15, 0.2) is 0 Å². The van der Waals surface area contributed by atoms with Gasteiger partial charge in [0.2, 0.25) is 0 Å². The van der Waals surface area contributed by atoms with Crippen LogP contribution in [0.2, 0.25) is 0 Å². The van der Waals surface area contributed by atoms with Crippen LogP contribution in [-0.4, -0.2) is 69.6 Å². The zero-order valence-electron chi connectivity index (χ0n) is 22.0. The van der Waals surface area contributed by atoms with E-state index in [2.05, 4.69) is 23.3 Å². The summed E-state index contributed by atoms with van der Waals surface area (Å²) in [6.45, 7) is 4.02. The van der Waals surface area contributed by atoms with Gasteiger partial charge in [-0.05, 0) is 77.2 Å². The molecule has 0 aromatic carbocycles. The average molecular weight is 505 g/mol. The lowest BCUT2D eigenvalue weighted by molar-refractivity contribution is -0.224. The molecule has 3 heterocycles. The lowest BCUT2D eigenvalue weighted by Gasteiger charge is -2.61. The normalized spacial score (nSPS) is 43.7. The number of carbonyl (C=O) groups excluding carboxylic acids is 1. The Kier molecular flexibility index (Phi) is 5.33. The van der Waals surface area contributed by atoms with Gasteiger partial charge >= 0.3 is 0 Å². The molecule has 2 spiro atoms. The molecule has 1 saturated heterocycles. The van der Waals surface area contributed by atoms with Gasteiger partial charge in [-0.25, -0.2) is 0 Å². The van der Waals surface area contributed by atoms with Crippen LogP contribution in [0.25, 0.3) is 0 Å². The third kappa shape index (κ3) is 3.09. The minimum Gasteiger partial charge on any atom is -0.388 e. The summed E-state index contributed by atoms with van der Waals surface area (Å²) < 4.78 is 7.15. The SMILES string of the molecule is Cc1ncccc1NC(=O)C1=CCC2[C@@]34CC[C@]5(C[C@H](N(C)C)[C@@H](O)[C@H](O)C5=CC3(C#N)CC[C@]12C)O4.